The van der Waals surface area contributed by atoms with E-state index in [-0.39, 0.29) is 20.0 Å². The molecule has 36 heavy (non-hydrogen) atoms. The summed E-state index contributed by atoms with van der Waals surface area (Å²) >= 11 is 0. The van der Waals surface area contributed by atoms with Gasteiger partial charge in [0, 0.05) is 58.8 Å². The minimum atomic E-state index is -0.685. The molecule has 0 aliphatic heterocycles. The molecule has 0 fully saturated rings. The molecule has 0 spiro atoms. The maximum absolute atomic E-state index is 14.5. The SMILES string of the molecule is CNC(=O)c1cc(Oc2ccc3c(c2)nc(Nc2ccc(F)c(-c4ccnc(F)c4)c2)n3C)ccn1.[HH].[HH]. The van der Waals surface area contributed by atoms with Gasteiger partial charge < -0.3 is 19.9 Å². The van der Waals surface area contributed by atoms with Crippen molar-refractivity contribution in [3.8, 4) is 22.6 Å². The molecule has 2 aromatic carbocycles. The number of hydrogen-bond acceptors (Lipinski definition) is 6. The molecular formula is C26H24F2N6O2. The van der Waals surface area contributed by atoms with Crippen molar-refractivity contribution in [1.82, 2.24) is 24.8 Å². The summed E-state index contributed by atoms with van der Waals surface area (Å²) in [6.07, 6.45) is 2.79. The van der Waals surface area contributed by atoms with E-state index in [0.29, 0.717) is 34.2 Å². The number of fused-ring (bicyclic) bond motifs is 1. The topological polar surface area (TPSA) is 94.0 Å². The first-order valence-electron chi connectivity index (χ1n) is 10.9. The summed E-state index contributed by atoms with van der Waals surface area (Å²) in [6, 6.07) is 15.8. The first-order chi connectivity index (χ1) is 17.4. The number of aryl methyl sites for hydroxylation is 1. The van der Waals surface area contributed by atoms with E-state index in [0.717, 1.165) is 5.52 Å². The largest absolute Gasteiger partial charge is 0.457 e. The van der Waals surface area contributed by atoms with Crippen molar-refractivity contribution in [2.45, 2.75) is 0 Å². The third kappa shape index (κ3) is 4.56. The third-order valence-electron chi connectivity index (χ3n) is 5.54. The van der Waals surface area contributed by atoms with Gasteiger partial charge in [-0.05, 0) is 48.0 Å². The summed E-state index contributed by atoms with van der Waals surface area (Å²) in [5, 5.41) is 5.72. The summed E-state index contributed by atoms with van der Waals surface area (Å²) in [5.74, 6) is 0.0401. The lowest BCUT2D eigenvalue weighted by Crippen LogP contribution is -2.18. The van der Waals surface area contributed by atoms with Crippen molar-refractivity contribution in [3.05, 3.63) is 90.5 Å². The standard InChI is InChI=1S/C26H20F2N6O2.2H2/c1-29-25(35)22-14-18(8-10-30-22)36-17-4-6-23-21(13-17)33-26(34(23)2)32-16-3-5-20(27)19(12-16)15-7-9-31-24(28)11-15;;/h3-14H,1-2H3,(H,29,35)(H,32,33);2*1H. The van der Waals surface area contributed by atoms with Gasteiger partial charge in [-0.2, -0.15) is 4.39 Å². The van der Waals surface area contributed by atoms with E-state index in [1.54, 1.807) is 42.5 Å². The van der Waals surface area contributed by atoms with Gasteiger partial charge >= 0.3 is 0 Å². The minimum Gasteiger partial charge on any atom is -0.457 e. The highest BCUT2D eigenvalue weighted by Crippen LogP contribution is 2.30. The van der Waals surface area contributed by atoms with Crippen molar-refractivity contribution >= 4 is 28.6 Å². The number of nitrogens with one attached hydrogen (secondary N) is 2. The second kappa shape index (κ2) is 9.41. The fourth-order valence-electron chi connectivity index (χ4n) is 3.74. The van der Waals surface area contributed by atoms with Crippen LogP contribution >= 0.6 is 0 Å². The van der Waals surface area contributed by atoms with Gasteiger partial charge in [0.25, 0.3) is 5.91 Å². The smallest absolute Gasteiger partial charge is 0.269 e. The van der Waals surface area contributed by atoms with Crippen LogP contribution in [0.2, 0.25) is 0 Å². The maximum atomic E-state index is 14.5. The van der Waals surface area contributed by atoms with Crippen LogP contribution in [0.15, 0.2) is 73.1 Å². The molecule has 3 aromatic heterocycles. The number of hydrogen-bond donors (Lipinski definition) is 2. The molecule has 2 N–H and O–H groups in total. The molecule has 0 radical (unpaired) electrons. The van der Waals surface area contributed by atoms with Gasteiger partial charge in [0.1, 0.15) is 23.0 Å². The number of pyridine rings is 2. The van der Waals surface area contributed by atoms with E-state index in [4.69, 9.17) is 4.74 Å². The fraction of sp³-hybridized carbons (Fsp3) is 0.0769. The Hall–Kier alpha value is -4.86. The lowest BCUT2D eigenvalue weighted by atomic mass is 10.1. The molecule has 1 amide bonds. The predicted octanol–water partition coefficient (Wildman–Crippen LogP) is 5.70. The first kappa shape index (κ1) is 22.9. The van der Waals surface area contributed by atoms with Gasteiger partial charge in [0.15, 0.2) is 0 Å². The summed E-state index contributed by atoms with van der Waals surface area (Å²) < 4.78 is 35.8. The van der Waals surface area contributed by atoms with Crippen LogP contribution in [0.1, 0.15) is 13.3 Å². The molecule has 184 valence electrons. The molecule has 3 heterocycles. The Kier molecular flexibility index (Phi) is 5.99. The minimum absolute atomic E-state index is 0. The third-order valence-corrected chi connectivity index (χ3v) is 5.54. The highest BCUT2D eigenvalue weighted by atomic mass is 19.1. The lowest BCUT2D eigenvalue weighted by Gasteiger charge is -2.10. The Morgan fingerprint density at radius 1 is 0.972 bits per heavy atom. The number of aromatic nitrogens is 4. The zero-order valence-electron chi connectivity index (χ0n) is 19.3. The van der Waals surface area contributed by atoms with E-state index >= 15 is 0 Å². The van der Waals surface area contributed by atoms with Gasteiger partial charge in [-0.25, -0.2) is 14.4 Å². The van der Waals surface area contributed by atoms with E-state index in [1.807, 2.05) is 17.7 Å². The number of imidazole rings is 1. The summed E-state index contributed by atoms with van der Waals surface area (Å²) in [6.45, 7) is 0. The van der Waals surface area contributed by atoms with E-state index in [2.05, 4.69) is 25.6 Å². The molecule has 0 atom stereocenters. The van der Waals surface area contributed by atoms with E-state index in [9.17, 15) is 13.6 Å². The van der Waals surface area contributed by atoms with Gasteiger partial charge in [0.2, 0.25) is 11.9 Å². The maximum Gasteiger partial charge on any atom is 0.269 e. The van der Waals surface area contributed by atoms with Gasteiger partial charge in [-0.1, -0.05) is 0 Å². The van der Waals surface area contributed by atoms with Gasteiger partial charge in [-0.15, -0.1) is 0 Å². The molecule has 0 bridgehead atoms. The van der Waals surface area contributed by atoms with Crippen LogP contribution < -0.4 is 15.4 Å². The lowest BCUT2D eigenvalue weighted by molar-refractivity contribution is 0.0958. The molecule has 0 aliphatic carbocycles. The Morgan fingerprint density at radius 3 is 2.58 bits per heavy atom. The van der Waals surface area contributed by atoms with Crippen molar-refractivity contribution < 1.29 is 21.2 Å². The van der Waals surface area contributed by atoms with Crippen molar-refractivity contribution in [3.63, 3.8) is 0 Å². The average Bonchev–Trinajstić information content (AvgIpc) is 3.19. The Labute approximate surface area is 207 Å². The molecule has 0 saturated heterocycles. The Balaban J connectivity index is 0.00000200. The number of anilines is 2. The van der Waals surface area contributed by atoms with Crippen molar-refractivity contribution in [2.24, 2.45) is 7.05 Å². The zero-order valence-corrected chi connectivity index (χ0v) is 19.3. The molecule has 5 rings (SSSR count). The second-order valence-electron chi connectivity index (χ2n) is 7.89. The Bertz CT molecular complexity index is 1610. The molecule has 10 heteroatoms. The molecular weight excluding hydrogens is 466 g/mol. The number of amides is 1. The number of carbonyl (C=O) groups excluding carboxylic acids is 1. The number of ether oxygens (including phenoxy) is 1. The van der Waals surface area contributed by atoms with E-state index < -0.39 is 11.8 Å². The van der Waals surface area contributed by atoms with Crippen LogP contribution in [0, 0.1) is 11.8 Å². The normalized spacial score (nSPS) is 10.9. The van der Waals surface area contributed by atoms with E-state index in [1.165, 1.54) is 31.6 Å². The second-order valence-corrected chi connectivity index (χ2v) is 7.89. The van der Waals surface area contributed by atoms with Crippen molar-refractivity contribution in [2.75, 3.05) is 12.4 Å². The summed E-state index contributed by atoms with van der Waals surface area (Å²) in [4.78, 5) is 24.0. The number of benzene rings is 2. The molecule has 0 saturated carbocycles. The van der Waals surface area contributed by atoms with Gasteiger partial charge in [-0.3, -0.25) is 9.78 Å². The summed E-state index contributed by atoms with van der Waals surface area (Å²) in [5.41, 5.74) is 2.95. The molecule has 0 unspecified atom stereocenters. The monoisotopic (exact) mass is 490 g/mol. The summed E-state index contributed by atoms with van der Waals surface area (Å²) in [7, 11) is 3.38. The van der Waals surface area contributed by atoms with Crippen LogP contribution in [0.4, 0.5) is 20.4 Å². The number of nitrogens with zero attached hydrogens (tertiary/aromatic N) is 4. The van der Waals surface area contributed by atoms with Crippen LogP contribution in [0.5, 0.6) is 11.5 Å². The van der Waals surface area contributed by atoms with Crippen molar-refractivity contribution in [1.29, 1.82) is 0 Å². The average molecular weight is 491 g/mol. The first-order valence-corrected chi connectivity index (χ1v) is 10.9. The van der Waals surface area contributed by atoms with Crippen LogP contribution in [0.3, 0.4) is 0 Å². The molecule has 0 aliphatic rings. The molecule has 5 aromatic rings. The van der Waals surface area contributed by atoms with Crippen LogP contribution in [-0.4, -0.2) is 32.5 Å². The fourth-order valence-corrected chi connectivity index (χ4v) is 3.74. The molecule has 8 nitrogen and oxygen atoms in total. The zero-order chi connectivity index (χ0) is 25.2. The highest BCUT2D eigenvalue weighted by molar-refractivity contribution is 5.92. The number of halogens is 2. The van der Waals surface area contributed by atoms with Crippen LogP contribution in [-0.2, 0) is 7.05 Å². The Morgan fingerprint density at radius 2 is 1.78 bits per heavy atom. The number of carbonyl (C=O) groups is 1. The number of rotatable bonds is 6. The van der Waals surface area contributed by atoms with Gasteiger partial charge in [0.05, 0.1) is 11.0 Å². The highest BCUT2D eigenvalue weighted by Gasteiger charge is 2.13. The van der Waals surface area contributed by atoms with Crippen LogP contribution in [0.25, 0.3) is 22.2 Å². The predicted molar refractivity (Wildman–Crippen MR) is 136 cm³/mol. The quantitative estimate of drug-likeness (QED) is 0.297.